The SMILES string of the molecule is [AlH3].[O]=[Ag].[Zn]. The van der Waals surface area contributed by atoms with Gasteiger partial charge in [-0.1, -0.05) is 0 Å². The van der Waals surface area contributed by atoms with E-state index in [1.165, 1.54) is 0 Å². The Hall–Kier alpha value is 1.70. The van der Waals surface area contributed by atoms with Gasteiger partial charge in [-0.15, -0.1) is 0 Å². The van der Waals surface area contributed by atoms with Crippen LogP contribution in [0.25, 0.3) is 0 Å². The molecule has 0 saturated heterocycles. The Kier molecular flexibility index (Phi) is 96.3. The summed E-state index contributed by atoms with van der Waals surface area (Å²) in [4.78, 5) is 0. The zero-order chi connectivity index (χ0) is 2.00. The second-order valence-electron chi connectivity index (χ2n) is 0. The van der Waals surface area contributed by atoms with Crippen LogP contribution in [0, 0.1) is 0 Å². The predicted molar refractivity (Wildman–Crippen MR) is 10.6 cm³/mol. The van der Waals surface area contributed by atoms with Gasteiger partial charge in [0, 0.05) is 19.5 Å². The smallest absolute Gasteiger partial charge is 0 e. The summed E-state index contributed by atoms with van der Waals surface area (Å²) in [5.74, 6) is 0. The first-order valence-electron chi connectivity index (χ1n) is 0.123. The first-order chi connectivity index (χ1) is 1.00. The van der Waals surface area contributed by atoms with Gasteiger partial charge in [0.25, 0.3) is 0 Å². The van der Waals surface area contributed by atoms with Crippen molar-refractivity contribution in [1.82, 2.24) is 0 Å². The molecule has 0 aliphatic heterocycles. The summed E-state index contributed by atoms with van der Waals surface area (Å²) in [5.41, 5.74) is 0. The minimum Gasteiger partial charge on any atom is 0 e. The molecule has 4 heteroatoms. The maximum absolute atomic E-state index is 8.06. The van der Waals surface area contributed by atoms with E-state index in [1.54, 1.807) is 21.0 Å². The van der Waals surface area contributed by atoms with Crippen LogP contribution in [0.15, 0.2) is 0 Å². The van der Waals surface area contributed by atoms with Crippen LogP contribution >= 0.6 is 0 Å². The number of rotatable bonds is 0. The van der Waals surface area contributed by atoms with Crippen molar-refractivity contribution >= 4 is 17.4 Å². The molecule has 0 bridgehead atoms. The Bertz CT molecular complexity index is 8.00. The van der Waals surface area contributed by atoms with E-state index in [0.29, 0.717) is 0 Å². The molecule has 0 amide bonds. The fraction of sp³-hybridized carbons (Fsp3) is 0. The molecule has 0 aromatic rings. The van der Waals surface area contributed by atoms with Gasteiger partial charge in [-0.2, -0.15) is 0 Å². The molecule has 0 aromatic carbocycles. The third kappa shape index (κ3) is 9.34. The van der Waals surface area contributed by atoms with Gasteiger partial charge in [-0.3, -0.25) is 0 Å². The summed E-state index contributed by atoms with van der Waals surface area (Å²) >= 11 is 1.70. The molecule has 4 heavy (non-hydrogen) atoms. The van der Waals surface area contributed by atoms with E-state index in [2.05, 4.69) is 0 Å². The Morgan fingerprint density at radius 2 is 1.25 bits per heavy atom. The van der Waals surface area contributed by atoms with Crippen LogP contribution in [0.5, 0.6) is 0 Å². The summed E-state index contributed by atoms with van der Waals surface area (Å²) in [5, 5.41) is 0. The Morgan fingerprint density at radius 1 is 1.25 bits per heavy atom. The van der Waals surface area contributed by atoms with Crippen LogP contribution in [0.4, 0.5) is 0 Å². The monoisotopic (exact) mass is 217 g/mol. The van der Waals surface area contributed by atoms with E-state index >= 15 is 0 Å². The van der Waals surface area contributed by atoms with Crippen LogP contribution in [0.1, 0.15) is 0 Å². The van der Waals surface area contributed by atoms with Gasteiger partial charge in [0.05, 0.1) is 0 Å². The first-order valence-corrected chi connectivity index (χ1v) is 0.728. The predicted octanol–water partition coefficient (Wildman–Crippen LogP) is -1.31. The second-order valence-corrected chi connectivity index (χ2v) is 0. The topological polar surface area (TPSA) is 17.1 Å². The van der Waals surface area contributed by atoms with E-state index in [-0.39, 0.29) is 36.8 Å². The zero-order valence-corrected chi connectivity index (χ0v) is 5.87. The molecule has 0 saturated carbocycles. The minimum atomic E-state index is 0. The van der Waals surface area contributed by atoms with Crippen LogP contribution < -0.4 is 0 Å². The van der Waals surface area contributed by atoms with Crippen molar-refractivity contribution in [3.8, 4) is 0 Å². The number of hydrogen-bond donors (Lipinski definition) is 0. The normalized spacial score (nSPS) is 1.50. The molecule has 0 aliphatic rings. The Balaban J connectivity index is -0.00000000500. The summed E-state index contributed by atoms with van der Waals surface area (Å²) < 4.78 is 8.06. The van der Waals surface area contributed by atoms with E-state index in [4.69, 9.17) is 3.25 Å². The Morgan fingerprint density at radius 3 is 1.25 bits per heavy atom. The molecule has 0 N–H and O–H groups in total. The molecule has 0 atom stereocenters. The molecular formula is H3AgAlOZn. The molecular weight excluding hydrogens is 216 g/mol. The van der Waals surface area contributed by atoms with Gasteiger partial charge in [0.2, 0.25) is 0 Å². The van der Waals surface area contributed by atoms with Gasteiger partial charge < -0.3 is 0 Å². The van der Waals surface area contributed by atoms with Crippen LogP contribution in [0.2, 0.25) is 0 Å². The van der Waals surface area contributed by atoms with E-state index in [0.717, 1.165) is 0 Å². The van der Waals surface area contributed by atoms with Gasteiger partial charge in [0.1, 0.15) is 0 Å². The van der Waals surface area contributed by atoms with Crippen LogP contribution in [0.3, 0.4) is 0 Å². The van der Waals surface area contributed by atoms with E-state index < -0.39 is 0 Å². The molecule has 0 rings (SSSR count). The van der Waals surface area contributed by atoms with Crippen molar-refractivity contribution in [1.29, 1.82) is 0 Å². The van der Waals surface area contributed by atoms with Gasteiger partial charge >= 0.3 is 24.3 Å². The molecule has 0 aliphatic carbocycles. The minimum absolute atomic E-state index is 0. The molecule has 25 valence electrons. The number of hydrogen-bond acceptors (Lipinski definition) is 1. The van der Waals surface area contributed by atoms with Gasteiger partial charge in [0.15, 0.2) is 17.4 Å². The quantitative estimate of drug-likeness (QED) is 0.462. The second kappa shape index (κ2) is 22.3. The van der Waals surface area contributed by atoms with Crippen molar-refractivity contribution < 1.29 is 43.8 Å². The van der Waals surface area contributed by atoms with Gasteiger partial charge in [-0.05, 0) is 0 Å². The first kappa shape index (κ1) is 17.3. The van der Waals surface area contributed by atoms with E-state index in [9.17, 15) is 0 Å². The largest absolute Gasteiger partial charge is 0 e. The standard InChI is InChI=1S/Ag.Al.O.Zn.3H. The summed E-state index contributed by atoms with van der Waals surface area (Å²) in [7, 11) is 0. The maximum Gasteiger partial charge on any atom is 0 e. The van der Waals surface area contributed by atoms with Crippen LogP contribution in [-0.4, -0.2) is 17.4 Å². The third-order valence-corrected chi connectivity index (χ3v) is 0. The van der Waals surface area contributed by atoms with E-state index in [1.807, 2.05) is 0 Å². The molecule has 0 fully saturated rings. The Labute approximate surface area is 60.7 Å². The fourth-order valence-electron chi connectivity index (χ4n) is 0. The third-order valence-electron chi connectivity index (χ3n) is 0. The molecule has 0 unspecified atom stereocenters. The average Bonchev–Trinajstić information content (AvgIpc) is 1.00. The van der Waals surface area contributed by atoms with Crippen molar-refractivity contribution in [2.45, 2.75) is 0 Å². The molecule has 0 spiro atoms. The van der Waals surface area contributed by atoms with Crippen molar-refractivity contribution in [3.05, 3.63) is 0 Å². The molecule has 0 aromatic heterocycles. The maximum atomic E-state index is 8.06. The summed E-state index contributed by atoms with van der Waals surface area (Å²) in [6.45, 7) is 0. The van der Waals surface area contributed by atoms with Crippen molar-refractivity contribution in [2.75, 3.05) is 0 Å². The average molecular weight is 219 g/mol. The molecule has 0 heterocycles. The molecule has 0 radical (unpaired) electrons. The van der Waals surface area contributed by atoms with Crippen molar-refractivity contribution in [3.63, 3.8) is 0 Å². The summed E-state index contributed by atoms with van der Waals surface area (Å²) in [6, 6.07) is 0. The van der Waals surface area contributed by atoms with Crippen LogP contribution in [-0.2, 0) is 43.8 Å². The molecule has 1 nitrogen and oxygen atoms in total. The summed E-state index contributed by atoms with van der Waals surface area (Å²) in [6.07, 6.45) is 0. The fourth-order valence-corrected chi connectivity index (χ4v) is 0. The van der Waals surface area contributed by atoms with Crippen molar-refractivity contribution in [2.24, 2.45) is 0 Å². The van der Waals surface area contributed by atoms with Gasteiger partial charge in [-0.25, -0.2) is 0 Å². The zero-order valence-electron chi connectivity index (χ0n) is 1.42.